The SMILES string of the molecule is O=C(NCc1nc(-c2ccc(F)cc2)no1)N1CCOCC1. The minimum Gasteiger partial charge on any atom is -0.378 e. The molecule has 0 atom stereocenters. The Morgan fingerprint density at radius 2 is 2.00 bits per heavy atom. The highest BCUT2D eigenvalue weighted by Crippen LogP contribution is 2.16. The summed E-state index contributed by atoms with van der Waals surface area (Å²) in [6.07, 6.45) is 0. The summed E-state index contributed by atoms with van der Waals surface area (Å²) in [4.78, 5) is 17.7. The summed E-state index contributed by atoms with van der Waals surface area (Å²) in [5, 5.41) is 6.53. The van der Waals surface area contributed by atoms with Gasteiger partial charge in [-0.25, -0.2) is 9.18 Å². The van der Waals surface area contributed by atoms with Crippen molar-refractivity contribution in [2.45, 2.75) is 6.54 Å². The Morgan fingerprint density at radius 3 is 2.73 bits per heavy atom. The van der Waals surface area contributed by atoms with E-state index < -0.39 is 0 Å². The van der Waals surface area contributed by atoms with E-state index in [1.54, 1.807) is 17.0 Å². The van der Waals surface area contributed by atoms with Crippen LogP contribution >= 0.6 is 0 Å². The number of carbonyl (C=O) groups excluding carboxylic acids is 1. The Morgan fingerprint density at radius 1 is 1.27 bits per heavy atom. The number of rotatable bonds is 3. The number of morpholine rings is 1. The van der Waals surface area contributed by atoms with Gasteiger partial charge in [-0.2, -0.15) is 4.98 Å². The van der Waals surface area contributed by atoms with Crippen LogP contribution in [0, 0.1) is 5.82 Å². The molecule has 0 saturated carbocycles. The van der Waals surface area contributed by atoms with Crippen molar-refractivity contribution in [1.29, 1.82) is 0 Å². The Hall–Kier alpha value is -2.48. The first-order valence-corrected chi connectivity index (χ1v) is 6.91. The van der Waals surface area contributed by atoms with Crippen LogP contribution in [0.15, 0.2) is 28.8 Å². The van der Waals surface area contributed by atoms with Crippen LogP contribution in [0.1, 0.15) is 5.89 Å². The molecular weight excluding hydrogens is 291 g/mol. The molecule has 0 unspecified atom stereocenters. The Labute approximate surface area is 126 Å². The topological polar surface area (TPSA) is 80.5 Å². The van der Waals surface area contributed by atoms with E-state index in [9.17, 15) is 9.18 Å². The predicted molar refractivity (Wildman–Crippen MR) is 74.3 cm³/mol. The number of hydrogen-bond donors (Lipinski definition) is 1. The van der Waals surface area contributed by atoms with Gasteiger partial charge >= 0.3 is 6.03 Å². The molecule has 2 amide bonds. The maximum Gasteiger partial charge on any atom is 0.317 e. The molecule has 1 saturated heterocycles. The molecule has 0 radical (unpaired) electrons. The third-order valence-corrected chi connectivity index (χ3v) is 3.26. The summed E-state index contributed by atoms with van der Waals surface area (Å²) in [6.45, 7) is 2.36. The second kappa shape index (κ2) is 6.52. The number of urea groups is 1. The fraction of sp³-hybridized carbons (Fsp3) is 0.357. The third kappa shape index (κ3) is 3.40. The van der Waals surface area contributed by atoms with Gasteiger partial charge in [0, 0.05) is 18.7 Å². The van der Waals surface area contributed by atoms with Crippen molar-refractivity contribution in [2.24, 2.45) is 0 Å². The Bertz CT molecular complexity index is 638. The van der Waals surface area contributed by atoms with Crippen molar-refractivity contribution in [2.75, 3.05) is 26.3 Å². The quantitative estimate of drug-likeness (QED) is 0.927. The van der Waals surface area contributed by atoms with Crippen molar-refractivity contribution in [3.63, 3.8) is 0 Å². The van der Waals surface area contributed by atoms with Crippen molar-refractivity contribution in [1.82, 2.24) is 20.4 Å². The number of nitrogens with zero attached hydrogens (tertiary/aromatic N) is 3. The first-order valence-electron chi connectivity index (χ1n) is 6.91. The molecule has 116 valence electrons. The minimum atomic E-state index is -0.328. The molecule has 8 heteroatoms. The van der Waals surface area contributed by atoms with Gasteiger partial charge in [0.15, 0.2) is 0 Å². The van der Waals surface area contributed by atoms with Gasteiger partial charge in [-0.1, -0.05) is 5.16 Å². The average Bonchev–Trinajstić information content (AvgIpc) is 3.03. The number of ether oxygens (including phenoxy) is 1. The molecule has 1 fully saturated rings. The normalized spacial score (nSPS) is 14.9. The van der Waals surface area contributed by atoms with Gasteiger partial charge in [0.1, 0.15) is 5.82 Å². The predicted octanol–water partition coefficient (Wildman–Crippen LogP) is 1.42. The molecule has 1 aliphatic heterocycles. The van der Waals surface area contributed by atoms with E-state index in [4.69, 9.17) is 9.26 Å². The van der Waals surface area contributed by atoms with Gasteiger partial charge < -0.3 is 19.5 Å². The fourth-order valence-electron chi connectivity index (χ4n) is 2.07. The second-order valence-electron chi connectivity index (χ2n) is 4.78. The van der Waals surface area contributed by atoms with E-state index in [-0.39, 0.29) is 18.4 Å². The molecule has 22 heavy (non-hydrogen) atoms. The lowest BCUT2D eigenvalue weighted by molar-refractivity contribution is 0.0529. The van der Waals surface area contributed by atoms with E-state index in [0.29, 0.717) is 43.6 Å². The second-order valence-corrected chi connectivity index (χ2v) is 4.78. The van der Waals surface area contributed by atoms with Gasteiger partial charge in [-0.05, 0) is 24.3 Å². The summed E-state index contributed by atoms with van der Waals surface area (Å²) in [5.41, 5.74) is 0.649. The maximum absolute atomic E-state index is 12.9. The standard InChI is InChI=1S/C14H15FN4O3/c15-11-3-1-10(2-4-11)13-17-12(22-18-13)9-16-14(20)19-5-7-21-8-6-19/h1-4H,5-9H2,(H,16,20). The average molecular weight is 306 g/mol. The van der Waals surface area contributed by atoms with Gasteiger partial charge in [0.25, 0.3) is 0 Å². The molecule has 0 aliphatic carbocycles. The zero-order chi connectivity index (χ0) is 15.4. The number of amides is 2. The summed E-state index contributed by atoms with van der Waals surface area (Å²) < 4.78 is 23.1. The number of benzene rings is 1. The summed E-state index contributed by atoms with van der Waals surface area (Å²) in [6, 6.07) is 5.59. The number of aromatic nitrogens is 2. The molecule has 0 bridgehead atoms. The zero-order valence-electron chi connectivity index (χ0n) is 11.8. The highest BCUT2D eigenvalue weighted by atomic mass is 19.1. The summed E-state index contributed by atoms with van der Waals surface area (Å²) >= 11 is 0. The molecule has 3 rings (SSSR count). The summed E-state index contributed by atoms with van der Waals surface area (Å²) in [5.74, 6) is 0.321. The van der Waals surface area contributed by atoms with Gasteiger partial charge in [0.2, 0.25) is 11.7 Å². The fourth-order valence-corrected chi connectivity index (χ4v) is 2.07. The van der Waals surface area contributed by atoms with Crippen LogP contribution in [0.3, 0.4) is 0 Å². The first kappa shape index (κ1) is 14.5. The number of halogens is 1. The summed E-state index contributed by atoms with van der Waals surface area (Å²) in [7, 11) is 0. The Balaban J connectivity index is 1.57. The lowest BCUT2D eigenvalue weighted by Gasteiger charge is -2.26. The number of hydrogen-bond acceptors (Lipinski definition) is 5. The molecular formula is C14H15FN4O3. The van der Waals surface area contributed by atoms with E-state index in [2.05, 4.69) is 15.5 Å². The highest BCUT2D eigenvalue weighted by Gasteiger charge is 2.17. The monoisotopic (exact) mass is 306 g/mol. The molecule has 1 aromatic carbocycles. The van der Waals surface area contributed by atoms with Crippen molar-refractivity contribution >= 4 is 6.03 Å². The third-order valence-electron chi connectivity index (χ3n) is 3.26. The zero-order valence-corrected chi connectivity index (χ0v) is 11.8. The van der Waals surface area contributed by atoms with Gasteiger partial charge in [0.05, 0.1) is 19.8 Å². The van der Waals surface area contributed by atoms with Crippen LogP contribution in [-0.2, 0) is 11.3 Å². The lowest BCUT2D eigenvalue weighted by Crippen LogP contribution is -2.45. The molecule has 1 aliphatic rings. The van der Waals surface area contributed by atoms with E-state index in [1.165, 1.54) is 12.1 Å². The van der Waals surface area contributed by atoms with Crippen LogP contribution in [-0.4, -0.2) is 47.4 Å². The highest BCUT2D eigenvalue weighted by molar-refractivity contribution is 5.74. The number of carbonyl (C=O) groups is 1. The Kier molecular flexibility index (Phi) is 4.29. The van der Waals surface area contributed by atoms with Crippen LogP contribution in [0.2, 0.25) is 0 Å². The van der Waals surface area contributed by atoms with E-state index in [0.717, 1.165) is 0 Å². The van der Waals surface area contributed by atoms with Crippen LogP contribution < -0.4 is 5.32 Å². The molecule has 7 nitrogen and oxygen atoms in total. The molecule has 1 aromatic heterocycles. The number of nitrogens with one attached hydrogen (secondary N) is 1. The van der Waals surface area contributed by atoms with E-state index in [1.807, 2.05) is 0 Å². The molecule has 0 spiro atoms. The maximum atomic E-state index is 12.9. The lowest BCUT2D eigenvalue weighted by atomic mass is 10.2. The first-order chi connectivity index (χ1) is 10.7. The van der Waals surface area contributed by atoms with Crippen LogP contribution in [0.4, 0.5) is 9.18 Å². The molecule has 2 heterocycles. The van der Waals surface area contributed by atoms with Crippen LogP contribution in [0.5, 0.6) is 0 Å². The van der Waals surface area contributed by atoms with Crippen LogP contribution in [0.25, 0.3) is 11.4 Å². The van der Waals surface area contributed by atoms with Crippen molar-refractivity contribution in [3.05, 3.63) is 36.0 Å². The molecule has 2 aromatic rings. The van der Waals surface area contributed by atoms with E-state index >= 15 is 0 Å². The van der Waals surface area contributed by atoms with Crippen molar-refractivity contribution in [3.8, 4) is 11.4 Å². The largest absolute Gasteiger partial charge is 0.378 e. The van der Waals surface area contributed by atoms with Gasteiger partial charge in [-0.15, -0.1) is 0 Å². The molecule has 1 N–H and O–H groups in total. The van der Waals surface area contributed by atoms with Gasteiger partial charge in [-0.3, -0.25) is 0 Å². The smallest absolute Gasteiger partial charge is 0.317 e. The minimum absolute atomic E-state index is 0.143. The van der Waals surface area contributed by atoms with Crippen molar-refractivity contribution < 1.29 is 18.4 Å².